The van der Waals surface area contributed by atoms with Crippen LogP contribution in [0.2, 0.25) is 0 Å². The molecule has 1 aromatic rings. The molecule has 20 heavy (non-hydrogen) atoms. The third-order valence-electron chi connectivity index (χ3n) is 3.94. The van der Waals surface area contributed by atoms with Gasteiger partial charge in [-0.3, -0.25) is 4.79 Å². The van der Waals surface area contributed by atoms with Gasteiger partial charge in [-0.25, -0.2) is 0 Å². The van der Waals surface area contributed by atoms with E-state index >= 15 is 0 Å². The molecule has 0 unspecified atom stereocenters. The molecule has 0 aromatic heterocycles. The third-order valence-corrected chi connectivity index (χ3v) is 3.94. The first-order valence-electron chi connectivity index (χ1n) is 7.05. The zero-order valence-corrected chi connectivity index (χ0v) is 12.3. The van der Waals surface area contributed by atoms with Gasteiger partial charge in [-0.15, -0.1) is 0 Å². The number of likely N-dealkylation sites (tertiary alicyclic amines) is 1. The highest BCUT2D eigenvalue weighted by molar-refractivity contribution is 5.96. The first-order chi connectivity index (χ1) is 9.45. The second-order valence-corrected chi connectivity index (χ2v) is 5.82. The van der Waals surface area contributed by atoms with Crippen LogP contribution in [0, 0.1) is 5.92 Å². The van der Waals surface area contributed by atoms with E-state index in [9.17, 15) is 4.79 Å². The van der Waals surface area contributed by atoms with E-state index in [-0.39, 0.29) is 5.91 Å². The SMILES string of the molecule is CN1CCC(CN(C)C(=O)c2cc(N)cc(N)c2)CC1. The molecule has 0 atom stereocenters. The highest BCUT2D eigenvalue weighted by Crippen LogP contribution is 2.19. The van der Waals surface area contributed by atoms with E-state index in [4.69, 9.17) is 11.5 Å². The Morgan fingerprint density at radius 2 is 1.80 bits per heavy atom. The van der Waals surface area contributed by atoms with E-state index < -0.39 is 0 Å². The van der Waals surface area contributed by atoms with E-state index in [1.165, 1.54) is 0 Å². The molecule has 0 saturated carbocycles. The van der Waals surface area contributed by atoms with Gasteiger partial charge in [0.25, 0.3) is 5.91 Å². The fourth-order valence-electron chi connectivity index (χ4n) is 2.74. The van der Waals surface area contributed by atoms with Crippen LogP contribution in [0.15, 0.2) is 18.2 Å². The average Bonchev–Trinajstić information content (AvgIpc) is 2.39. The summed E-state index contributed by atoms with van der Waals surface area (Å²) < 4.78 is 0. The molecule has 1 fully saturated rings. The van der Waals surface area contributed by atoms with Gasteiger partial charge in [0.2, 0.25) is 0 Å². The van der Waals surface area contributed by atoms with Gasteiger partial charge < -0.3 is 21.3 Å². The summed E-state index contributed by atoms with van der Waals surface area (Å²) in [6, 6.07) is 5.03. The maximum absolute atomic E-state index is 12.4. The summed E-state index contributed by atoms with van der Waals surface area (Å²) in [7, 11) is 3.99. The lowest BCUT2D eigenvalue weighted by atomic mass is 9.96. The minimum atomic E-state index is -0.0112. The van der Waals surface area contributed by atoms with Gasteiger partial charge in [-0.1, -0.05) is 0 Å². The van der Waals surface area contributed by atoms with E-state index in [2.05, 4.69) is 11.9 Å². The van der Waals surface area contributed by atoms with Crippen LogP contribution in [0.25, 0.3) is 0 Å². The quantitative estimate of drug-likeness (QED) is 0.815. The summed E-state index contributed by atoms with van der Waals surface area (Å²) in [5, 5.41) is 0. The van der Waals surface area contributed by atoms with Crippen molar-refractivity contribution in [1.82, 2.24) is 9.80 Å². The van der Waals surface area contributed by atoms with E-state index in [0.717, 1.165) is 32.5 Å². The van der Waals surface area contributed by atoms with Gasteiger partial charge in [0, 0.05) is 30.5 Å². The average molecular weight is 276 g/mol. The second-order valence-electron chi connectivity index (χ2n) is 5.82. The number of hydrogen-bond donors (Lipinski definition) is 2. The number of rotatable bonds is 3. The predicted octanol–water partition coefficient (Wildman–Crippen LogP) is 1.26. The summed E-state index contributed by atoms with van der Waals surface area (Å²) in [6.07, 6.45) is 2.29. The molecule has 1 heterocycles. The molecular weight excluding hydrogens is 252 g/mol. The molecule has 5 heteroatoms. The number of nitrogen functional groups attached to an aromatic ring is 2. The molecule has 110 valence electrons. The Labute approximate surface area is 120 Å². The molecule has 1 amide bonds. The van der Waals surface area contributed by atoms with Crippen molar-refractivity contribution in [2.45, 2.75) is 12.8 Å². The summed E-state index contributed by atoms with van der Waals surface area (Å²) in [4.78, 5) is 16.5. The molecule has 1 aromatic carbocycles. The highest BCUT2D eigenvalue weighted by Gasteiger charge is 2.21. The minimum absolute atomic E-state index is 0.0112. The van der Waals surface area contributed by atoms with Crippen LogP contribution in [0.1, 0.15) is 23.2 Å². The topological polar surface area (TPSA) is 75.6 Å². The van der Waals surface area contributed by atoms with E-state index in [0.29, 0.717) is 22.9 Å². The van der Waals surface area contributed by atoms with Crippen LogP contribution >= 0.6 is 0 Å². The fraction of sp³-hybridized carbons (Fsp3) is 0.533. The van der Waals surface area contributed by atoms with Crippen molar-refractivity contribution in [3.63, 3.8) is 0 Å². The van der Waals surface area contributed by atoms with Gasteiger partial charge in [-0.2, -0.15) is 0 Å². The molecule has 0 bridgehead atoms. The summed E-state index contributed by atoms with van der Waals surface area (Å²) >= 11 is 0. The maximum Gasteiger partial charge on any atom is 0.253 e. The number of anilines is 2. The lowest BCUT2D eigenvalue weighted by Crippen LogP contribution is -2.38. The summed E-state index contributed by atoms with van der Waals surface area (Å²) in [6.45, 7) is 3.01. The van der Waals surface area contributed by atoms with E-state index in [1.54, 1.807) is 23.1 Å². The summed E-state index contributed by atoms with van der Waals surface area (Å²) in [5.41, 5.74) is 13.1. The maximum atomic E-state index is 12.4. The Hall–Kier alpha value is -1.75. The number of carbonyl (C=O) groups excluding carboxylic acids is 1. The number of piperidine rings is 1. The number of benzene rings is 1. The number of nitrogens with two attached hydrogens (primary N) is 2. The van der Waals surface area contributed by atoms with Gasteiger partial charge >= 0.3 is 0 Å². The molecule has 0 aliphatic carbocycles. The summed E-state index contributed by atoms with van der Waals surface area (Å²) in [5.74, 6) is 0.571. The van der Waals surface area contributed by atoms with Crippen molar-refractivity contribution in [1.29, 1.82) is 0 Å². The Kier molecular flexibility index (Phi) is 4.49. The van der Waals surface area contributed by atoms with Crippen LogP contribution in [-0.4, -0.2) is 49.4 Å². The van der Waals surface area contributed by atoms with Crippen LogP contribution in [0.3, 0.4) is 0 Å². The molecular formula is C15H24N4O. The molecule has 0 spiro atoms. The standard InChI is InChI=1S/C15H24N4O/c1-18-5-3-11(4-6-18)10-19(2)15(20)12-7-13(16)9-14(17)8-12/h7-9,11H,3-6,10,16-17H2,1-2H3. The zero-order valence-electron chi connectivity index (χ0n) is 12.3. The van der Waals surface area contributed by atoms with Crippen LogP contribution in [0.5, 0.6) is 0 Å². The third kappa shape index (κ3) is 3.63. The molecule has 5 nitrogen and oxygen atoms in total. The van der Waals surface area contributed by atoms with Crippen molar-refractivity contribution in [3.8, 4) is 0 Å². The highest BCUT2D eigenvalue weighted by atomic mass is 16.2. The predicted molar refractivity (Wildman–Crippen MR) is 82.4 cm³/mol. The number of amides is 1. The number of nitrogens with zero attached hydrogens (tertiary/aromatic N) is 2. The van der Waals surface area contributed by atoms with Crippen LogP contribution < -0.4 is 11.5 Å². The fourth-order valence-corrected chi connectivity index (χ4v) is 2.74. The normalized spacial score (nSPS) is 17.1. The first-order valence-corrected chi connectivity index (χ1v) is 7.05. The second kappa shape index (κ2) is 6.13. The largest absolute Gasteiger partial charge is 0.399 e. The van der Waals surface area contributed by atoms with Crippen molar-refractivity contribution < 1.29 is 4.79 Å². The van der Waals surface area contributed by atoms with Crippen LogP contribution in [-0.2, 0) is 0 Å². The monoisotopic (exact) mass is 276 g/mol. The molecule has 2 rings (SSSR count). The van der Waals surface area contributed by atoms with Gasteiger partial charge in [0.1, 0.15) is 0 Å². The minimum Gasteiger partial charge on any atom is -0.399 e. The van der Waals surface area contributed by atoms with Crippen molar-refractivity contribution in [3.05, 3.63) is 23.8 Å². The smallest absolute Gasteiger partial charge is 0.253 e. The van der Waals surface area contributed by atoms with Crippen molar-refractivity contribution in [2.24, 2.45) is 5.92 Å². The Bertz CT molecular complexity index is 461. The molecule has 1 saturated heterocycles. The first kappa shape index (κ1) is 14.7. The lowest BCUT2D eigenvalue weighted by molar-refractivity contribution is 0.0747. The van der Waals surface area contributed by atoms with E-state index in [1.807, 2.05) is 7.05 Å². The van der Waals surface area contributed by atoms with Crippen molar-refractivity contribution >= 4 is 17.3 Å². The molecule has 0 radical (unpaired) electrons. The van der Waals surface area contributed by atoms with Gasteiger partial charge in [0.05, 0.1) is 0 Å². The number of hydrogen-bond acceptors (Lipinski definition) is 4. The molecule has 4 N–H and O–H groups in total. The van der Waals surface area contributed by atoms with Crippen molar-refractivity contribution in [2.75, 3.05) is 45.2 Å². The molecule has 1 aliphatic heterocycles. The Morgan fingerprint density at radius 3 is 2.35 bits per heavy atom. The molecule has 1 aliphatic rings. The van der Waals surface area contributed by atoms with Gasteiger partial charge in [-0.05, 0) is 57.1 Å². The Morgan fingerprint density at radius 1 is 1.25 bits per heavy atom. The Balaban J connectivity index is 1.98. The van der Waals surface area contributed by atoms with Crippen LogP contribution in [0.4, 0.5) is 11.4 Å². The number of carbonyl (C=O) groups is 1. The van der Waals surface area contributed by atoms with Gasteiger partial charge in [0.15, 0.2) is 0 Å². The zero-order chi connectivity index (χ0) is 14.7. The lowest BCUT2D eigenvalue weighted by Gasteiger charge is -2.31.